The fourth-order valence-corrected chi connectivity index (χ4v) is 8.64. The maximum absolute atomic E-state index is 12.5. The number of para-hydroxylation sites is 2. The van der Waals surface area contributed by atoms with Gasteiger partial charge in [0.2, 0.25) is 0 Å². The van der Waals surface area contributed by atoms with Crippen molar-refractivity contribution in [3.63, 3.8) is 0 Å². The largest absolute Gasteiger partial charge is 0.495 e. The van der Waals surface area contributed by atoms with Gasteiger partial charge in [-0.1, -0.05) is 64.6 Å². The number of nitrogens with two attached hydrogens (primary N) is 1. The van der Waals surface area contributed by atoms with Gasteiger partial charge >= 0.3 is 5.97 Å². The van der Waals surface area contributed by atoms with Crippen molar-refractivity contribution in [1.82, 2.24) is 15.1 Å². The second-order valence-electron chi connectivity index (χ2n) is 15.9. The van der Waals surface area contributed by atoms with E-state index >= 15 is 0 Å². The predicted octanol–water partition coefficient (Wildman–Crippen LogP) is 8.90. The van der Waals surface area contributed by atoms with Crippen molar-refractivity contribution in [1.29, 1.82) is 0 Å². The zero-order valence-corrected chi connectivity index (χ0v) is 39.8. The number of nitrogens with one attached hydrogen (secondary N) is 1. The van der Waals surface area contributed by atoms with Crippen molar-refractivity contribution in [3.05, 3.63) is 121 Å². The number of anilines is 2. The van der Waals surface area contributed by atoms with Gasteiger partial charge in [-0.2, -0.15) is 0 Å². The molecule has 2 saturated heterocycles. The summed E-state index contributed by atoms with van der Waals surface area (Å²) in [5.41, 5.74) is 10.2. The number of aliphatic carboxylic acids is 1. The molecule has 0 atom stereocenters. The highest BCUT2D eigenvalue weighted by Crippen LogP contribution is 2.34. The van der Waals surface area contributed by atoms with Crippen molar-refractivity contribution >= 4 is 81.8 Å². The van der Waals surface area contributed by atoms with Crippen LogP contribution in [0.1, 0.15) is 36.8 Å². The number of rotatable bonds is 14. The molecule has 348 valence electrons. The van der Waals surface area contributed by atoms with E-state index in [1.54, 1.807) is 37.5 Å². The summed E-state index contributed by atoms with van der Waals surface area (Å²) in [5, 5.41) is 14.3. The number of carbonyl (C=O) groups is 2. The summed E-state index contributed by atoms with van der Waals surface area (Å²) < 4.78 is 16.4. The highest BCUT2D eigenvalue weighted by Gasteiger charge is 2.22. The molecule has 4 aromatic carbocycles. The molecule has 16 heteroatoms. The van der Waals surface area contributed by atoms with E-state index < -0.39 is 5.97 Å². The number of unbranched alkanes of at least 4 members (excludes halogenated alkanes) is 2. The Hall–Kier alpha value is -4.66. The van der Waals surface area contributed by atoms with Crippen molar-refractivity contribution in [3.8, 4) is 17.2 Å². The Bertz CT molecular complexity index is 2280. The molecule has 0 saturated carbocycles. The first-order valence-electron chi connectivity index (χ1n) is 22.0. The van der Waals surface area contributed by atoms with Gasteiger partial charge in [0, 0.05) is 80.1 Å². The first kappa shape index (κ1) is 49.8. The molecule has 0 aliphatic carbocycles. The Morgan fingerprint density at radius 3 is 1.80 bits per heavy atom. The fraction of sp³-hybridized carbons (Fsp3) is 0.388. The summed E-state index contributed by atoms with van der Waals surface area (Å²) in [6, 6.07) is 24.6. The average Bonchev–Trinajstić information content (AvgIpc) is 3.32. The number of hydrogen-bond acceptors (Lipinski definition) is 10. The lowest BCUT2D eigenvalue weighted by Crippen LogP contribution is -2.46. The van der Waals surface area contributed by atoms with E-state index in [0.29, 0.717) is 43.5 Å². The number of carboxylic acids is 1. The number of fused-ring (bicyclic) bond motifs is 2. The number of methoxy groups -OCH3 is 1. The van der Waals surface area contributed by atoms with Gasteiger partial charge in [-0.05, 0) is 118 Å². The van der Waals surface area contributed by atoms with Crippen LogP contribution in [0.25, 0.3) is 12.2 Å². The molecule has 0 aromatic heterocycles. The topological polar surface area (TPSA) is 133 Å². The van der Waals surface area contributed by atoms with Crippen LogP contribution in [0.3, 0.4) is 0 Å². The minimum Gasteiger partial charge on any atom is -0.495 e. The molecule has 65 heavy (non-hydrogen) atoms. The molecule has 12 nitrogen and oxygen atoms in total. The van der Waals surface area contributed by atoms with Crippen LogP contribution in [0, 0.1) is 0 Å². The van der Waals surface area contributed by atoms with Gasteiger partial charge in [-0.25, -0.2) is 4.79 Å². The van der Waals surface area contributed by atoms with Gasteiger partial charge in [-0.3, -0.25) is 14.6 Å². The lowest BCUT2D eigenvalue weighted by molar-refractivity contribution is -0.133. The first-order valence-corrected chi connectivity index (χ1v) is 23.5. The summed E-state index contributed by atoms with van der Waals surface area (Å²) in [6.45, 7) is 12.3. The van der Waals surface area contributed by atoms with E-state index in [0.717, 1.165) is 114 Å². The molecular formula is C49H58Cl4N6O6. The Morgan fingerprint density at radius 1 is 0.677 bits per heavy atom. The van der Waals surface area contributed by atoms with Gasteiger partial charge in [0.25, 0.3) is 5.91 Å². The third-order valence-corrected chi connectivity index (χ3v) is 12.8. The minimum atomic E-state index is -0.962. The standard InChI is InChI=1S/C25H30ClN3O3.C14H21Cl2N3.C10H7ClO3/c1-31-24-7-3-2-6-22(24)29-14-12-28(13-15-29)11-5-4-10-27-25(30)20-16-19-17-21(26)8-9-23(19)32-18-20;15-12-4-3-5-13(14(12)16)19-10-8-18(9-11-19)7-2-1-6-17;11-8-1-2-9-6(4-8)3-7(5-14-9)10(12)13/h2-3,6-9,16-17H,4-5,10-15,18H2,1H3,(H,27,30);3-5H,1-2,6-11,17H2;1-4H,5H2,(H,12,13). The maximum atomic E-state index is 12.5. The van der Waals surface area contributed by atoms with E-state index in [1.165, 1.54) is 12.1 Å². The number of amides is 1. The Labute approximate surface area is 402 Å². The molecule has 4 heterocycles. The van der Waals surface area contributed by atoms with Gasteiger partial charge in [0.15, 0.2) is 0 Å². The SMILES string of the molecule is COc1ccccc1N1CCN(CCCCNC(=O)C2=Cc3cc(Cl)ccc3OC2)CC1.NCCCCN1CCN(c2cccc(Cl)c2Cl)CC1.O=C(O)C1=Cc2cc(Cl)ccc2OC1. The fourth-order valence-electron chi connectivity index (χ4n) is 7.86. The average molecular weight is 969 g/mol. The summed E-state index contributed by atoms with van der Waals surface area (Å²) >= 11 is 24.1. The van der Waals surface area contributed by atoms with Crippen LogP contribution in [0.2, 0.25) is 20.1 Å². The van der Waals surface area contributed by atoms with Crippen molar-refractivity contribution < 1.29 is 28.9 Å². The van der Waals surface area contributed by atoms with Gasteiger partial charge in [0.1, 0.15) is 30.5 Å². The smallest absolute Gasteiger partial charge is 0.335 e. The quantitative estimate of drug-likeness (QED) is 0.105. The van der Waals surface area contributed by atoms with Crippen LogP contribution in [0.15, 0.2) is 90.0 Å². The van der Waals surface area contributed by atoms with E-state index in [2.05, 4.69) is 37.0 Å². The summed E-state index contributed by atoms with van der Waals surface area (Å²) in [4.78, 5) is 32.8. The predicted molar refractivity (Wildman–Crippen MR) is 265 cm³/mol. The molecule has 4 aliphatic rings. The molecule has 1 amide bonds. The van der Waals surface area contributed by atoms with Crippen molar-refractivity contribution in [2.75, 3.05) is 109 Å². The molecule has 8 rings (SSSR count). The van der Waals surface area contributed by atoms with Gasteiger partial charge in [-0.15, -0.1) is 0 Å². The van der Waals surface area contributed by atoms with Crippen LogP contribution in [-0.2, 0) is 9.59 Å². The highest BCUT2D eigenvalue weighted by atomic mass is 35.5. The van der Waals surface area contributed by atoms with Crippen LogP contribution in [0.5, 0.6) is 17.2 Å². The second-order valence-corrected chi connectivity index (χ2v) is 17.6. The number of carboxylic acid groups (broad SMARTS) is 1. The minimum absolute atomic E-state index is 0.0685. The monoisotopic (exact) mass is 966 g/mol. The van der Waals surface area contributed by atoms with Crippen LogP contribution < -0.4 is 35.1 Å². The van der Waals surface area contributed by atoms with Gasteiger partial charge < -0.3 is 40.2 Å². The lowest BCUT2D eigenvalue weighted by Gasteiger charge is -2.36. The molecular weight excluding hydrogens is 910 g/mol. The highest BCUT2D eigenvalue weighted by molar-refractivity contribution is 6.43. The number of ether oxygens (including phenoxy) is 3. The number of halogens is 4. The number of nitrogens with zero attached hydrogens (tertiary/aromatic N) is 4. The molecule has 0 bridgehead atoms. The Kier molecular flexibility index (Phi) is 19.4. The molecule has 2 fully saturated rings. The maximum Gasteiger partial charge on any atom is 0.335 e. The number of benzene rings is 4. The Balaban J connectivity index is 0.000000179. The van der Waals surface area contributed by atoms with Crippen LogP contribution in [0.4, 0.5) is 11.4 Å². The lowest BCUT2D eigenvalue weighted by atomic mass is 10.1. The first-order chi connectivity index (χ1) is 31.5. The van der Waals surface area contributed by atoms with E-state index in [4.69, 9.17) is 71.5 Å². The number of hydrogen-bond donors (Lipinski definition) is 3. The van der Waals surface area contributed by atoms with Gasteiger partial charge in [0.05, 0.1) is 39.7 Å². The van der Waals surface area contributed by atoms with E-state index in [-0.39, 0.29) is 24.7 Å². The molecule has 0 radical (unpaired) electrons. The summed E-state index contributed by atoms with van der Waals surface area (Å²) in [5.74, 6) is 1.33. The molecule has 0 spiro atoms. The van der Waals surface area contributed by atoms with Crippen LogP contribution in [-0.4, -0.2) is 126 Å². The normalized spacial score (nSPS) is 15.8. The molecule has 0 unspecified atom stereocenters. The number of carbonyl (C=O) groups excluding carboxylic acids is 1. The van der Waals surface area contributed by atoms with Crippen molar-refractivity contribution in [2.45, 2.75) is 25.7 Å². The van der Waals surface area contributed by atoms with E-state index in [1.807, 2.05) is 48.5 Å². The summed E-state index contributed by atoms with van der Waals surface area (Å²) in [7, 11) is 1.72. The molecule has 4 aromatic rings. The zero-order valence-electron chi connectivity index (χ0n) is 36.8. The zero-order chi connectivity index (χ0) is 46.1. The third-order valence-electron chi connectivity index (χ3n) is 11.5. The Morgan fingerprint density at radius 2 is 1.22 bits per heavy atom. The summed E-state index contributed by atoms with van der Waals surface area (Å²) in [6.07, 6.45) is 7.75. The van der Waals surface area contributed by atoms with Crippen molar-refractivity contribution in [2.24, 2.45) is 5.73 Å². The third kappa shape index (κ3) is 14.7. The number of piperazine rings is 2. The van der Waals surface area contributed by atoms with Crippen LogP contribution >= 0.6 is 46.4 Å². The van der Waals surface area contributed by atoms with E-state index in [9.17, 15) is 9.59 Å². The second kappa shape index (κ2) is 25.3. The molecule has 4 aliphatic heterocycles. The molecule has 4 N–H and O–H groups in total.